The van der Waals surface area contributed by atoms with Crippen molar-refractivity contribution in [3.8, 4) is 5.75 Å². The van der Waals surface area contributed by atoms with Crippen LogP contribution in [0.5, 0.6) is 5.75 Å². The fourth-order valence-electron chi connectivity index (χ4n) is 1.86. The Kier molecular flexibility index (Phi) is 6.99. The Bertz CT molecular complexity index is 782. The minimum Gasteiger partial charge on any atom is -0.480 e. The standard InChI is InChI=1S/C18H17ClN2O5/c1-12(17(23)20-21-18(24)13-7-3-2-4-8-13)26-16(22)11-25-15-10-6-5-9-14(15)19/h2-10,12H,11H2,1H3,(H,20,23)(H,21,24)/t12-/m0/s1. The maximum Gasteiger partial charge on any atom is 0.344 e. The van der Waals surface area contributed by atoms with Gasteiger partial charge in [0.1, 0.15) is 5.75 Å². The molecule has 0 heterocycles. The highest BCUT2D eigenvalue weighted by Gasteiger charge is 2.19. The molecular weight excluding hydrogens is 360 g/mol. The van der Waals surface area contributed by atoms with E-state index in [-0.39, 0.29) is 0 Å². The third kappa shape index (κ3) is 5.78. The van der Waals surface area contributed by atoms with Crippen molar-refractivity contribution in [2.24, 2.45) is 0 Å². The van der Waals surface area contributed by atoms with Gasteiger partial charge in [-0.25, -0.2) is 4.79 Å². The molecule has 8 heteroatoms. The van der Waals surface area contributed by atoms with Crippen LogP contribution < -0.4 is 15.6 Å². The molecule has 136 valence electrons. The molecule has 0 saturated heterocycles. The number of carbonyl (C=O) groups is 3. The number of nitrogens with one attached hydrogen (secondary N) is 2. The predicted molar refractivity (Wildman–Crippen MR) is 94.6 cm³/mol. The summed E-state index contributed by atoms with van der Waals surface area (Å²) in [6.07, 6.45) is -1.12. The second kappa shape index (κ2) is 9.43. The van der Waals surface area contributed by atoms with Crippen molar-refractivity contribution in [1.29, 1.82) is 0 Å². The highest BCUT2D eigenvalue weighted by Crippen LogP contribution is 2.22. The molecule has 0 saturated carbocycles. The smallest absolute Gasteiger partial charge is 0.344 e. The average molecular weight is 377 g/mol. The SMILES string of the molecule is C[C@H](OC(=O)COc1ccccc1Cl)C(=O)NNC(=O)c1ccccc1. The van der Waals surface area contributed by atoms with Crippen molar-refractivity contribution in [1.82, 2.24) is 10.9 Å². The first kappa shape index (κ1) is 19.3. The van der Waals surface area contributed by atoms with Crippen LogP contribution >= 0.6 is 11.6 Å². The summed E-state index contributed by atoms with van der Waals surface area (Å²) in [5.74, 6) is -1.58. The van der Waals surface area contributed by atoms with Crippen LogP contribution in [0.4, 0.5) is 0 Å². The minimum atomic E-state index is -1.12. The highest BCUT2D eigenvalue weighted by atomic mass is 35.5. The topological polar surface area (TPSA) is 93.7 Å². The fourth-order valence-corrected chi connectivity index (χ4v) is 2.06. The number of rotatable bonds is 6. The highest BCUT2D eigenvalue weighted by molar-refractivity contribution is 6.32. The third-order valence-corrected chi connectivity index (χ3v) is 3.51. The maximum atomic E-state index is 11.9. The average Bonchev–Trinajstić information content (AvgIpc) is 2.65. The lowest BCUT2D eigenvalue weighted by atomic mass is 10.2. The van der Waals surface area contributed by atoms with E-state index < -0.39 is 30.5 Å². The van der Waals surface area contributed by atoms with Gasteiger partial charge in [-0.2, -0.15) is 0 Å². The summed E-state index contributed by atoms with van der Waals surface area (Å²) < 4.78 is 10.2. The van der Waals surface area contributed by atoms with E-state index in [0.29, 0.717) is 16.3 Å². The normalized spacial score (nSPS) is 11.2. The molecule has 0 aromatic heterocycles. The largest absolute Gasteiger partial charge is 0.480 e. The summed E-state index contributed by atoms with van der Waals surface area (Å²) in [5.41, 5.74) is 4.81. The van der Waals surface area contributed by atoms with E-state index in [1.165, 1.54) is 6.92 Å². The zero-order valence-corrected chi connectivity index (χ0v) is 14.7. The second-order valence-corrected chi connectivity index (χ2v) is 5.57. The summed E-state index contributed by atoms with van der Waals surface area (Å²) in [7, 11) is 0. The van der Waals surface area contributed by atoms with Crippen LogP contribution in [0.3, 0.4) is 0 Å². The number of hydrazine groups is 1. The van der Waals surface area contributed by atoms with Crippen LogP contribution in [0, 0.1) is 0 Å². The molecule has 2 rings (SSSR count). The maximum absolute atomic E-state index is 11.9. The van der Waals surface area contributed by atoms with E-state index >= 15 is 0 Å². The number of esters is 1. The quantitative estimate of drug-likeness (QED) is 0.595. The molecule has 2 amide bonds. The molecular formula is C18H17ClN2O5. The third-order valence-electron chi connectivity index (χ3n) is 3.19. The molecule has 0 radical (unpaired) electrons. The van der Waals surface area contributed by atoms with E-state index in [4.69, 9.17) is 21.1 Å². The first-order chi connectivity index (χ1) is 12.5. The van der Waals surface area contributed by atoms with Crippen LogP contribution in [0.2, 0.25) is 5.02 Å². The van der Waals surface area contributed by atoms with Crippen molar-refractivity contribution in [2.75, 3.05) is 6.61 Å². The monoisotopic (exact) mass is 376 g/mol. The van der Waals surface area contributed by atoms with E-state index in [9.17, 15) is 14.4 Å². The Labute approximate surface area is 155 Å². The van der Waals surface area contributed by atoms with Crippen molar-refractivity contribution in [2.45, 2.75) is 13.0 Å². The van der Waals surface area contributed by atoms with E-state index in [1.807, 2.05) is 0 Å². The first-order valence-electron chi connectivity index (χ1n) is 7.69. The molecule has 2 N–H and O–H groups in total. The molecule has 0 bridgehead atoms. The van der Waals surface area contributed by atoms with Gasteiger partial charge in [-0.3, -0.25) is 20.4 Å². The van der Waals surface area contributed by atoms with Gasteiger partial charge in [0.15, 0.2) is 12.7 Å². The summed E-state index contributed by atoms with van der Waals surface area (Å²) >= 11 is 5.90. The van der Waals surface area contributed by atoms with Gasteiger partial charge in [-0.05, 0) is 31.2 Å². The van der Waals surface area contributed by atoms with E-state index in [0.717, 1.165) is 0 Å². The number of carbonyl (C=O) groups excluding carboxylic acids is 3. The van der Waals surface area contributed by atoms with Gasteiger partial charge < -0.3 is 9.47 Å². The first-order valence-corrected chi connectivity index (χ1v) is 8.07. The van der Waals surface area contributed by atoms with Crippen LogP contribution in [-0.2, 0) is 14.3 Å². The molecule has 0 spiro atoms. The van der Waals surface area contributed by atoms with Crippen molar-refractivity contribution in [3.63, 3.8) is 0 Å². The van der Waals surface area contributed by atoms with Crippen LogP contribution in [0.1, 0.15) is 17.3 Å². The lowest BCUT2D eigenvalue weighted by molar-refractivity contribution is -0.156. The van der Waals surface area contributed by atoms with Gasteiger partial charge in [0.25, 0.3) is 11.8 Å². The lowest BCUT2D eigenvalue weighted by Gasteiger charge is -2.14. The minimum absolute atomic E-state index is 0.332. The lowest BCUT2D eigenvalue weighted by Crippen LogP contribution is -2.47. The van der Waals surface area contributed by atoms with Crippen molar-refractivity contribution >= 4 is 29.4 Å². The summed E-state index contributed by atoms with van der Waals surface area (Å²) in [6.45, 7) is 0.967. The van der Waals surface area contributed by atoms with E-state index in [2.05, 4.69) is 10.9 Å². The number of amides is 2. The Morgan fingerprint density at radius 3 is 2.35 bits per heavy atom. The predicted octanol–water partition coefficient (Wildman–Crippen LogP) is 2.11. The van der Waals surface area contributed by atoms with Crippen LogP contribution in [-0.4, -0.2) is 30.5 Å². The zero-order valence-electron chi connectivity index (χ0n) is 13.9. The number of halogens is 1. The molecule has 7 nitrogen and oxygen atoms in total. The molecule has 0 aliphatic rings. The molecule has 0 unspecified atom stereocenters. The molecule has 0 aliphatic carbocycles. The molecule has 26 heavy (non-hydrogen) atoms. The van der Waals surface area contributed by atoms with Crippen LogP contribution in [0.15, 0.2) is 54.6 Å². The number of benzene rings is 2. The molecule has 0 fully saturated rings. The van der Waals surface area contributed by atoms with Gasteiger partial charge in [-0.15, -0.1) is 0 Å². The summed E-state index contributed by atoms with van der Waals surface area (Å²) in [4.78, 5) is 35.4. The van der Waals surface area contributed by atoms with Gasteiger partial charge in [0.05, 0.1) is 5.02 Å². The van der Waals surface area contributed by atoms with Crippen molar-refractivity contribution < 1.29 is 23.9 Å². The van der Waals surface area contributed by atoms with Gasteiger partial charge in [0, 0.05) is 5.56 Å². The number of hydrogen-bond donors (Lipinski definition) is 2. The van der Waals surface area contributed by atoms with Crippen LogP contribution in [0.25, 0.3) is 0 Å². The summed E-state index contributed by atoms with van der Waals surface area (Å²) in [6, 6.07) is 15.0. The molecule has 1 atom stereocenters. The van der Waals surface area contributed by atoms with Gasteiger partial charge >= 0.3 is 5.97 Å². The number of ether oxygens (including phenoxy) is 2. The fraction of sp³-hybridized carbons (Fsp3) is 0.167. The second-order valence-electron chi connectivity index (χ2n) is 5.16. The Morgan fingerprint density at radius 2 is 1.65 bits per heavy atom. The molecule has 0 aliphatic heterocycles. The van der Waals surface area contributed by atoms with Gasteiger partial charge in [0.2, 0.25) is 0 Å². The Balaban J connectivity index is 1.75. The van der Waals surface area contributed by atoms with Gasteiger partial charge in [-0.1, -0.05) is 41.9 Å². The summed E-state index contributed by atoms with van der Waals surface area (Å²) in [5, 5.41) is 0.356. The Hall–Kier alpha value is -3.06. The van der Waals surface area contributed by atoms with Crippen molar-refractivity contribution in [3.05, 3.63) is 65.2 Å². The molecule has 2 aromatic rings. The molecule has 2 aromatic carbocycles. The number of para-hydroxylation sites is 1. The zero-order chi connectivity index (χ0) is 18.9. The Morgan fingerprint density at radius 1 is 1.00 bits per heavy atom. The van der Waals surface area contributed by atoms with E-state index in [1.54, 1.807) is 54.6 Å². The number of hydrogen-bond acceptors (Lipinski definition) is 5.